The van der Waals surface area contributed by atoms with Crippen molar-refractivity contribution in [3.8, 4) is 22.3 Å². The summed E-state index contributed by atoms with van der Waals surface area (Å²) in [4.78, 5) is 4.86. The number of rotatable bonds is 6. The first-order valence-corrected chi connectivity index (χ1v) is 23.9. The van der Waals surface area contributed by atoms with Crippen LogP contribution >= 0.6 is 0 Å². The van der Waals surface area contributed by atoms with Gasteiger partial charge in [0.15, 0.2) is 0 Å². The summed E-state index contributed by atoms with van der Waals surface area (Å²) in [7, 11) is 0. The summed E-state index contributed by atoms with van der Waals surface area (Å²) < 4.78 is 14.3. The van der Waals surface area contributed by atoms with Crippen molar-refractivity contribution in [2.24, 2.45) is 0 Å². The van der Waals surface area contributed by atoms with Crippen molar-refractivity contribution in [2.75, 3.05) is 9.80 Å². The molecule has 0 aliphatic heterocycles. The molecule has 2 aliphatic rings. The lowest BCUT2D eigenvalue weighted by Crippen LogP contribution is -2.24. The maximum Gasteiger partial charge on any atom is 0.145 e. The van der Waals surface area contributed by atoms with Gasteiger partial charge >= 0.3 is 0 Å². The molecule has 0 radical (unpaired) electrons. The highest BCUT2D eigenvalue weighted by Crippen LogP contribution is 2.64. The fourth-order valence-corrected chi connectivity index (χ4v) is 11.8. The van der Waals surface area contributed by atoms with Gasteiger partial charge in [0.1, 0.15) is 22.3 Å². The van der Waals surface area contributed by atoms with E-state index in [1.807, 2.05) is 0 Å². The van der Waals surface area contributed by atoms with E-state index in [-0.39, 0.29) is 0 Å². The Bertz CT molecular complexity index is 3520. The third-order valence-electron chi connectivity index (χ3n) is 15.2. The monoisotopic (exact) mass is 880 g/mol. The number of aryl methyl sites for hydroxylation is 4. The lowest BCUT2D eigenvalue weighted by molar-refractivity contribution is 0.600. The Kier molecular flexibility index (Phi) is 8.53. The molecule has 11 aromatic rings. The number of fused-ring (bicyclic) bond motifs is 15. The average Bonchev–Trinajstić information content (AvgIpc) is 4.04. The van der Waals surface area contributed by atoms with Gasteiger partial charge in [0, 0.05) is 55.5 Å². The van der Waals surface area contributed by atoms with Gasteiger partial charge < -0.3 is 18.6 Å². The number of hydrogen-bond donors (Lipinski definition) is 0. The van der Waals surface area contributed by atoms with Crippen LogP contribution in [0.5, 0.6) is 0 Å². The first-order valence-electron chi connectivity index (χ1n) is 23.9. The van der Waals surface area contributed by atoms with Crippen molar-refractivity contribution in [1.29, 1.82) is 0 Å². The topological polar surface area (TPSA) is 32.8 Å². The minimum absolute atomic E-state index is 0.408. The molecule has 2 aromatic heterocycles. The molecule has 0 unspecified atom stereocenters. The van der Waals surface area contributed by atoms with Gasteiger partial charge in [-0.1, -0.05) is 147 Å². The van der Waals surface area contributed by atoms with Crippen LogP contribution < -0.4 is 9.80 Å². The fraction of sp³-hybridized carbons (Fsp3) is 0.156. The zero-order chi connectivity index (χ0) is 46.4. The SMILES string of the molecule is Cc1ccc(N(c2ccc(C)cc2)c2cc3c(c4oc5ccccc5c24)-c2ccc4c(c2C3(C)C)C(C)(C)c2cc(N(c3ccc(C)cc3)c3ccc(C)cc3)c3c(oc5ccccc53)c2-4)cc1. The van der Waals surface area contributed by atoms with Crippen LogP contribution in [0.2, 0.25) is 0 Å². The molecule has 0 bridgehead atoms. The Labute approximate surface area is 397 Å². The number of para-hydroxylation sites is 2. The highest BCUT2D eigenvalue weighted by Gasteiger charge is 2.49. The average molecular weight is 881 g/mol. The van der Waals surface area contributed by atoms with E-state index >= 15 is 0 Å². The predicted molar refractivity (Wildman–Crippen MR) is 284 cm³/mol. The normalized spacial score (nSPS) is 14.1. The standard InChI is InChI=1S/C64H52N2O2/c1-37-17-25-41(26-18-37)65(42-27-19-38(2)20-28-42)51-35-49-55(61-57(51)45-13-9-11-15-53(45)67-61)47-33-34-48-56-50(64(7,8)60(48)59(47)63(49,5)6)36-52(58-46-14-10-12-16-54(46)68-62(56)58)66(43-29-21-39(3)22-30-43)44-31-23-40(4)24-32-44/h9-36H,1-8H3. The van der Waals surface area contributed by atoms with Crippen LogP contribution in [0.3, 0.4) is 0 Å². The highest BCUT2D eigenvalue weighted by atomic mass is 16.3. The minimum atomic E-state index is -0.408. The second kappa shape index (κ2) is 14.3. The summed E-state index contributed by atoms with van der Waals surface area (Å²) in [6, 6.07) is 62.5. The maximum atomic E-state index is 7.16. The summed E-state index contributed by atoms with van der Waals surface area (Å²) in [5.41, 5.74) is 24.4. The lowest BCUT2D eigenvalue weighted by Gasteiger charge is -2.32. The number of benzene rings is 9. The number of anilines is 6. The summed E-state index contributed by atoms with van der Waals surface area (Å²) in [5, 5.41) is 4.45. The van der Waals surface area contributed by atoms with Gasteiger partial charge in [-0.05, 0) is 134 Å². The number of nitrogens with zero attached hydrogens (tertiary/aromatic N) is 2. The third-order valence-corrected chi connectivity index (χ3v) is 15.2. The van der Waals surface area contributed by atoms with Gasteiger partial charge in [-0.3, -0.25) is 0 Å². The summed E-state index contributed by atoms with van der Waals surface area (Å²) in [6.45, 7) is 18.3. The molecule has 0 atom stereocenters. The largest absolute Gasteiger partial charge is 0.455 e. The van der Waals surface area contributed by atoms with E-state index in [1.54, 1.807) is 0 Å². The quantitative estimate of drug-likeness (QED) is 0.167. The maximum absolute atomic E-state index is 7.16. The molecule has 13 rings (SSSR count). The summed E-state index contributed by atoms with van der Waals surface area (Å²) in [6.07, 6.45) is 0. The molecule has 330 valence electrons. The van der Waals surface area contributed by atoms with Gasteiger partial charge in [-0.15, -0.1) is 0 Å². The molecule has 0 saturated carbocycles. The van der Waals surface area contributed by atoms with Gasteiger partial charge in [0.25, 0.3) is 0 Å². The predicted octanol–water partition coefficient (Wildman–Crippen LogP) is 18.3. The van der Waals surface area contributed by atoms with Crippen LogP contribution in [-0.4, -0.2) is 0 Å². The number of hydrogen-bond acceptors (Lipinski definition) is 4. The molecule has 2 heterocycles. The third kappa shape index (κ3) is 5.67. The van der Waals surface area contributed by atoms with Gasteiger partial charge in [-0.25, -0.2) is 0 Å². The lowest BCUT2D eigenvalue weighted by atomic mass is 9.72. The smallest absolute Gasteiger partial charge is 0.145 e. The molecule has 0 fully saturated rings. The van der Waals surface area contributed by atoms with Crippen LogP contribution in [0.1, 0.15) is 72.2 Å². The van der Waals surface area contributed by atoms with Crippen LogP contribution in [0, 0.1) is 27.7 Å². The second-order valence-corrected chi connectivity index (χ2v) is 20.4. The van der Waals surface area contributed by atoms with E-state index in [9.17, 15) is 0 Å². The Balaban J connectivity index is 1.09. The molecular formula is C64H52N2O2. The molecular weight excluding hydrogens is 829 g/mol. The Hall–Kier alpha value is -7.82. The Morgan fingerprint density at radius 3 is 1.00 bits per heavy atom. The van der Waals surface area contributed by atoms with Crippen molar-refractivity contribution in [3.05, 3.63) is 214 Å². The first kappa shape index (κ1) is 40.5. The van der Waals surface area contributed by atoms with E-state index in [4.69, 9.17) is 8.83 Å². The Morgan fingerprint density at radius 2 is 0.676 bits per heavy atom. The molecule has 4 heteroatoms. The van der Waals surface area contributed by atoms with Crippen molar-refractivity contribution >= 4 is 78.0 Å². The molecule has 0 N–H and O–H groups in total. The van der Waals surface area contributed by atoms with E-state index in [0.717, 1.165) is 78.0 Å². The van der Waals surface area contributed by atoms with Crippen molar-refractivity contribution in [2.45, 2.75) is 66.2 Å². The number of furan rings is 2. The first-order chi connectivity index (χ1) is 32.9. The molecule has 0 spiro atoms. The fourth-order valence-electron chi connectivity index (χ4n) is 11.8. The summed E-state index contributed by atoms with van der Waals surface area (Å²) in [5.74, 6) is 0. The van der Waals surface area contributed by atoms with Crippen molar-refractivity contribution < 1.29 is 8.83 Å². The van der Waals surface area contributed by atoms with E-state index in [0.29, 0.717) is 0 Å². The zero-order valence-electron chi connectivity index (χ0n) is 39.9. The highest BCUT2D eigenvalue weighted by molar-refractivity contribution is 6.21. The van der Waals surface area contributed by atoms with Crippen molar-refractivity contribution in [1.82, 2.24) is 0 Å². The van der Waals surface area contributed by atoms with E-state index < -0.39 is 10.8 Å². The van der Waals surface area contributed by atoms with Gasteiger partial charge in [-0.2, -0.15) is 0 Å². The van der Waals surface area contributed by atoms with Crippen LogP contribution in [-0.2, 0) is 10.8 Å². The molecule has 2 aliphatic carbocycles. The molecule has 4 nitrogen and oxygen atoms in total. The van der Waals surface area contributed by atoms with E-state index in [1.165, 1.54) is 66.8 Å². The van der Waals surface area contributed by atoms with Crippen LogP contribution in [0.15, 0.2) is 179 Å². The van der Waals surface area contributed by atoms with Gasteiger partial charge in [0.05, 0.1) is 22.1 Å². The van der Waals surface area contributed by atoms with E-state index in [2.05, 4.69) is 235 Å². The van der Waals surface area contributed by atoms with Crippen molar-refractivity contribution in [3.63, 3.8) is 0 Å². The zero-order valence-corrected chi connectivity index (χ0v) is 39.9. The Morgan fingerprint density at radius 1 is 0.368 bits per heavy atom. The van der Waals surface area contributed by atoms with Crippen LogP contribution in [0.4, 0.5) is 34.1 Å². The molecule has 9 aromatic carbocycles. The second-order valence-electron chi connectivity index (χ2n) is 20.4. The molecule has 0 saturated heterocycles. The minimum Gasteiger partial charge on any atom is -0.455 e. The molecule has 68 heavy (non-hydrogen) atoms. The van der Waals surface area contributed by atoms with Gasteiger partial charge in [0.2, 0.25) is 0 Å². The summed E-state index contributed by atoms with van der Waals surface area (Å²) >= 11 is 0. The van der Waals surface area contributed by atoms with Crippen LogP contribution in [0.25, 0.3) is 66.1 Å². The molecule has 0 amide bonds.